The standard InChI is InChI=1S/C12H24O/c1-9-7-6-8-10(2)11(9)12(3,4)13-5/h9-11H,6-8H2,1-5H3. The van der Waals surface area contributed by atoms with E-state index in [1.165, 1.54) is 19.3 Å². The summed E-state index contributed by atoms with van der Waals surface area (Å²) in [4.78, 5) is 0. The highest BCUT2D eigenvalue weighted by Gasteiger charge is 2.39. The van der Waals surface area contributed by atoms with E-state index in [-0.39, 0.29) is 5.60 Å². The van der Waals surface area contributed by atoms with E-state index >= 15 is 0 Å². The van der Waals surface area contributed by atoms with E-state index in [2.05, 4.69) is 27.7 Å². The van der Waals surface area contributed by atoms with Crippen LogP contribution in [0.15, 0.2) is 0 Å². The Kier molecular flexibility index (Phi) is 3.39. The molecular weight excluding hydrogens is 160 g/mol. The van der Waals surface area contributed by atoms with Gasteiger partial charge in [-0.1, -0.05) is 33.1 Å². The summed E-state index contributed by atoms with van der Waals surface area (Å²) in [5.74, 6) is 2.36. The Morgan fingerprint density at radius 3 is 1.92 bits per heavy atom. The van der Waals surface area contributed by atoms with Crippen LogP contribution in [0.5, 0.6) is 0 Å². The second-order valence-corrected chi connectivity index (χ2v) is 5.22. The van der Waals surface area contributed by atoms with Crippen LogP contribution in [0.4, 0.5) is 0 Å². The number of ether oxygens (including phenoxy) is 1. The molecule has 78 valence electrons. The fraction of sp³-hybridized carbons (Fsp3) is 1.00. The SMILES string of the molecule is COC(C)(C)C1C(C)CCCC1C. The zero-order chi connectivity index (χ0) is 10.1. The van der Waals surface area contributed by atoms with Crippen LogP contribution in [0.25, 0.3) is 0 Å². The van der Waals surface area contributed by atoms with Crippen molar-refractivity contribution in [3.63, 3.8) is 0 Å². The second-order valence-electron chi connectivity index (χ2n) is 5.22. The maximum atomic E-state index is 5.62. The van der Waals surface area contributed by atoms with Gasteiger partial charge >= 0.3 is 0 Å². The van der Waals surface area contributed by atoms with Crippen LogP contribution in [-0.2, 0) is 4.74 Å². The van der Waals surface area contributed by atoms with Crippen LogP contribution in [0.1, 0.15) is 47.0 Å². The molecule has 0 aliphatic heterocycles. The summed E-state index contributed by atoms with van der Waals surface area (Å²) in [6, 6.07) is 0. The number of hydrogen-bond acceptors (Lipinski definition) is 1. The molecule has 0 saturated heterocycles. The molecule has 1 aliphatic carbocycles. The molecule has 1 fully saturated rings. The van der Waals surface area contributed by atoms with E-state index in [1.54, 1.807) is 0 Å². The van der Waals surface area contributed by atoms with Gasteiger partial charge in [-0.05, 0) is 31.6 Å². The predicted octanol–water partition coefficient (Wildman–Crippen LogP) is 3.48. The van der Waals surface area contributed by atoms with Crippen LogP contribution < -0.4 is 0 Å². The maximum Gasteiger partial charge on any atom is 0.0655 e. The van der Waals surface area contributed by atoms with Gasteiger partial charge in [-0.3, -0.25) is 0 Å². The Bertz CT molecular complexity index is 153. The Morgan fingerprint density at radius 1 is 1.08 bits per heavy atom. The van der Waals surface area contributed by atoms with Crippen LogP contribution in [0.3, 0.4) is 0 Å². The van der Waals surface area contributed by atoms with Gasteiger partial charge in [-0.25, -0.2) is 0 Å². The molecule has 2 atom stereocenters. The van der Waals surface area contributed by atoms with Crippen LogP contribution in [-0.4, -0.2) is 12.7 Å². The molecule has 0 aromatic rings. The van der Waals surface area contributed by atoms with E-state index in [1.807, 2.05) is 7.11 Å². The third kappa shape index (κ3) is 2.25. The summed E-state index contributed by atoms with van der Waals surface area (Å²) in [5, 5.41) is 0. The van der Waals surface area contributed by atoms with Crippen molar-refractivity contribution in [3.05, 3.63) is 0 Å². The van der Waals surface area contributed by atoms with E-state index in [4.69, 9.17) is 4.74 Å². The molecule has 1 rings (SSSR count). The largest absolute Gasteiger partial charge is 0.379 e. The van der Waals surface area contributed by atoms with Gasteiger partial charge in [0.15, 0.2) is 0 Å². The van der Waals surface area contributed by atoms with Crippen molar-refractivity contribution in [2.24, 2.45) is 17.8 Å². The minimum atomic E-state index is 0.0548. The van der Waals surface area contributed by atoms with Gasteiger partial charge in [0.05, 0.1) is 5.60 Å². The zero-order valence-corrected chi connectivity index (χ0v) is 9.76. The van der Waals surface area contributed by atoms with Gasteiger partial charge < -0.3 is 4.74 Å². The van der Waals surface area contributed by atoms with Gasteiger partial charge in [0, 0.05) is 7.11 Å². The Hall–Kier alpha value is -0.0400. The van der Waals surface area contributed by atoms with Crippen molar-refractivity contribution in [1.82, 2.24) is 0 Å². The molecule has 0 heterocycles. The average Bonchev–Trinajstić information content (AvgIpc) is 2.03. The molecule has 2 unspecified atom stereocenters. The molecule has 0 bridgehead atoms. The third-order valence-corrected chi connectivity index (χ3v) is 3.87. The molecule has 1 aliphatic rings. The first kappa shape index (κ1) is 11.0. The number of methoxy groups -OCH3 is 1. The molecule has 0 spiro atoms. The Balaban J connectivity index is 2.73. The molecule has 0 aromatic heterocycles. The molecule has 0 N–H and O–H groups in total. The first-order chi connectivity index (χ1) is 5.99. The predicted molar refractivity (Wildman–Crippen MR) is 56.8 cm³/mol. The fourth-order valence-corrected chi connectivity index (χ4v) is 3.19. The van der Waals surface area contributed by atoms with E-state index < -0.39 is 0 Å². The lowest BCUT2D eigenvalue weighted by Crippen LogP contribution is -2.43. The molecular formula is C12H24O. The quantitative estimate of drug-likeness (QED) is 0.638. The highest BCUT2D eigenvalue weighted by atomic mass is 16.5. The van der Waals surface area contributed by atoms with Crippen LogP contribution >= 0.6 is 0 Å². The van der Waals surface area contributed by atoms with Crippen molar-refractivity contribution in [2.45, 2.75) is 52.6 Å². The Morgan fingerprint density at radius 2 is 1.54 bits per heavy atom. The van der Waals surface area contributed by atoms with Crippen molar-refractivity contribution in [3.8, 4) is 0 Å². The summed E-state index contributed by atoms with van der Waals surface area (Å²) in [6.07, 6.45) is 4.15. The summed E-state index contributed by atoms with van der Waals surface area (Å²) >= 11 is 0. The topological polar surface area (TPSA) is 9.23 Å². The summed E-state index contributed by atoms with van der Waals surface area (Å²) in [7, 11) is 1.84. The average molecular weight is 184 g/mol. The molecule has 1 saturated carbocycles. The van der Waals surface area contributed by atoms with Gasteiger partial charge in [0.25, 0.3) is 0 Å². The normalized spacial score (nSPS) is 36.2. The zero-order valence-electron chi connectivity index (χ0n) is 9.76. The minimum Gasteiger partial charge on any atom is -0.379 e. The Labute approximate surface area is 82.9 Å². The van der Waals surface area contributed by atoms with Crippen LogP contribution in [0, 0.1) is 17.8 Å². The lowest BCUT2D eigenvalue weighted by molar-refractivity contribution is -0.0786. The number of rotatable bonds is 2. The number of hydrogen-bond donors (Lipinski definition) is 0. The smallest absolute Gasteiger partial charge is 0.0655 e. The van der Waals surface area contributed by atoms with Crippen molar-refractivity contribution < 1.29 is 4.74 Å². The molecule has 0 amide bonds. The first-order valence-corrected chi connectivity index (χ1v) is 5.54. The summed E-state index contributed by atoms with van der Waals surface area (Å²) < 4.78 is 5.62. The monoisotopic (exact) mass is 184 g/mol. The fourth-order valence-electron chi connectivity index (χ4n) is 3.19. The molecule has 1 heteroatoms. The molecule has 0 aromatic carbocycles. The lowest BCUT2D eigenvalue weighted by atomic mass is 9.66. The molecule has 0 radical (unpaired) electrons. The van der Waals surface area contributed by atoms with Gasteiger partial charge in [-0.15, -0.1) is 0 Å². The second kappa shape index (κ2) is 4.00. The van der Waals surface area contributed by atoms with Gasteiger partial charge in [0.1, 0.15) is 0 Å². The third-order valence-electron chi connectivity index (χ3n) is 3.87. The van der Waals surface area contributed by atoms with E-state index in [0.717, 1.165) is 17.8 Å². The lowest BCUT2D eigenvalue weighted by Gasteiger charge is -2.44. The summed E-state index contributed by atoms with van der Waals surface area (Å²) in [5.41, 5.74) is 0.0548. The van der Waals surface area contributed by atoms with Gasteiger partial charge in [-0.2, -0.15) is 0 Å². The van der Waals surface area contributed by atoms with Crippen molar-refractivity contribution >= 4 is 0 Å². The molecule has 1 nitrogen and oxygen atoms in total. The highest BCUT2D eigenvalue weighted by Crippen LogP contribution is 2.42. The molecule has 13 heavy (non-hydrogen) atoms. The minimum absolute atomic E-state index is 0.0548. The van der Waals surface area contributed by atoms with Crippen molar-refractivity contribution in [1.29, 1.82) is 0 Å². The van der Waals surface area contributed by atoms with Crippen molar-refractivity contribution in [2.75, 3.05) is 7.11 Å². The van der Waals surface area contributed by atoms with E-state index in [9.17, 15) is 0 Å². The summed E-state index contributed by atoms with van der Waals surface area (Å²) in [6.45, 7) is 9.22. The van der Waals surface area contributed by atoms with Gasteiger partial charge in [0.2, 0.25) is 0 Å². The highest BCUT2D eigenvalue weighted by molar-refractivity contribution is 4.89. The first-order valence-electron chi connectivity index (χ1n) is 5.54. The van der Waals surface area contributed by atoms with Crippen LogP contribution in [0.2, 0.25) is 0 Å². The van der Waals surface area contributed by atoms with E-state index in [0.29, 0.717) is 0 Å². The maximum absolute atomic E-state index is 5.62.